The molecule has 2 aromatic heterocycles. The molecule has 0 unspecified atom stereocenters. The molecule has 2 aliphatic rings. The minimum atomic E-state index is 0.250. The van der Waals surface area contributed by atoms with Crippen molar-refractivity contribution in [3.63, 3.8) is 0 Å². The summed E-state index contributed by atoms with van der Waals surface area (Å²) < 4.78 is 16.2. The topological polar surface area (TPSA) is 73.5 Å². The van der Waals surface area contributed by atoms with Crippen LogP contribution in [0.25, 0.3) is 11.4 Å². The van der Waals surface area contributed by atoms with Gasteiger partial charge in [0.1, 0.15) is 0 Å². The number of nitrogens with zero attached hydrogens (tertiary/aromatic N) is 4. The highest BCUT2D eigenvalue weighted by Gasteiger charge is 2.28. The average molecular weight is 350 g/mol. The largest absolute Gasteiger partial charge is 0.454 e. The van der Waals surface area contributed by atoms with Crippen molar-refractivity contribution in [2.45, 2.75) is 25.4 Å². The average Bonchev–Trinajstić information content (AvgIpc) is 3.43. The molecule has 0 radical (unpaired) electrons. The van der Waals surface area contributed by atoms with E-state index in [2.05, 4.69) is 26.1 Å². The Kier molecular flexibility index (Phi) is 3.79. The summed E-state index contributed by atoms with van der Waals surface area (Å²) in [6.07, 6.45) is 4.08. The van der Waals surface area contributed by atoms with E-state index < -0.39 is 0 Å². The molecule has 7 nitrogen and oxygen atoms in total. The summed E-state index contributed by atoms with van der Waals surface area (Å²) >= 11 is 0. The number of pyridine rings is 1. The molecule has 0 saturated carbocycles. The van der Waals surface area contributed by atoms with E-state index in [1.807, 2.05) is 36.5 Å². The molecule has 3 aromatic rings. The molecular formula is C19H18N4O3. The van der Waals surface area contributed by atoms with Crippen molar-refractivity contribution < 1.29 is 14.0 Å². The van der Waals surface area contributed by atoms with E-state index in [9.17, 15) is 0 Å². The van der Waals surface area contributed by atoms with Crippen molar-refractivity contribution in [1.29, 1.82) is 0 Å². The second-order valence-corrected chi connectivity index (χ2v) is 6.46. The van der Waals surface area contributed by atoms with Gasteiger partial charge in [-0.2, -0.15) is 4.98 Å². The third-order valence-electron chi connectivity index (χ3n) is 4.83. The Bertz CT molecular complexity index is 912. The zero-order chi connectivity index (χ0) is 17.3. The van der Waals surface area contributed by atoms with Gasteiger partial charge in [-0.15, -0.1) is 0 Å². The maximum Gasteiger partial charge on any atom is 0.241 e. The van der Waals surface area contributed by atoms with Crippen molar-refractivity contribution in [1.82, 2.24) is 20.0 Å². The number of fused-ring (bicyclic) bond motifs is 1. The third-order valence-corrected chi connectivity index (χ3v) is 4.83. The highest BCUT2D eigenvalue weighted by molar-refractivity contribution is 5.61. The van der Waals surface area contributed by atoms with Crippen LogP contribution >= 0.6 is 0 Å². The number of ether oxygens (including phenoxy) is 2. The van der Waals surface area contributed by atoms with Gasteiger partial charge in [-0.05, 0) is 49.7 Å². The molecule has 2 aliphatic heterocycles. The van der Waals surface area contributed by atoms with Crippen LogP contribution in [-0.4, -0.2) is 33.4 Å². The lowest BCUT2D eigenvalue weighted by Crippen LogP contribution is -2.23. The van der Waals surface area contributed by atoms with E-state index in [1.54, 1.807) is 0 Å². The van der Waals surface area contributed by atoms with Gasteiger partial charge < -0.3 is 14.0 Å². The fraction of sp³-hybridized carbons (Fsp3) is 0.316. The normalized spacial score (nSPS) is 19.2. The van der Waals surface area contributed by atoms with Crippen molar-refractivity contribution in [3.05, 3.63) is 54.2 Å². The lowest BCUT2D eigenvalue weighted by Gasteiger charge is -2.21. The van der Waals surface area contributed by atoms with Gasteiger partial charge in [0, 0.05) is 11.8 Å². The van der Waals surface area contributed by atoms with Crippen LogP contribution in [0.15, 0.2) is 47.1 Å². The van der Waals surface area contributed by atoms with Crippen LogP contribution in [0.4, 0.5) is 0 Å². The van der Waals surface area contributed by atoms with Crippen LogP contribution in [0, 0.1) is 0 Å². The maximum atomic E-state index is 5.49. The van der Waals surface area contributed by atoms with Crippen LogP contribution in [0.5, 0.6) is 11.5 Å². The molecule has 0 N–H and O–H groups in total. The van der Waals surface area contributed by atoms with Crippen molar-refractivity contribution >= 4 is 0 Å². The number of hydrogen-bond donors (Lipinski definition) is 0. The number of hydrogen-bond acceptors (Lipinski definition) is 7. The van der Waals surface area contributed by atoms with Gasteiger partial charge in [-0.1, -0.05) is 11.2 Å². The molecule has 1 atom stereocenters. The Morgan fingerprint density at radius 2 is 2.08 bits per heavy atom. The summed E-state index contributed by atoms with van der Waals surface area (Å²) in [4.78, 5) is 11.4. The van der Waals surface area contributed by atoms with Gasteiger partial charge in [-0.25, -0.2) is 0 Å². The van der Waals surface area contributed by atoms with Gasteiger partial charge in [-0.3, -0.25) is 9.88 Å². The molecule has 0 bridgehead atoms. The number of benzene rings is 1. The summed E-state index contributed by atoms with van der Waals surface area (Å²) in [5, 5.41) is 4.13. The Labute approximate surface area is 150 Å². The number of aromatic nitrogens is 3. The minimum Gasteiger partial charge on any atom is -0.454 e. The first kappa shape index (κ1) is 15.3. The zero-order valence-corrected chi connectivity index (χ0v) is 14.2. The molecule has 7 heteroatoms. The predicted octanol–water partition coefficient (Wildman–Crippen LogP) is 3.20. The second-order valence-electron chi connectivity index (χ2n) is 6.46. The van der Waals surface area contributed by atoms with Crippen LogP contribution < -0.4 is 9.47 Å². The van der Waals surface area contributed by atoms with Gasteiger partial charge in [0.05, 0.1) is 18.3 Å². The van der Waals surface area contributed by atoms with Gasteiger partial charge in [0.15, 0.2) is 11.5 Å². The monoisotopic (exact) mass is 350 g/mol. The highest BCUT2D eigenvalue weighted by Crippen LogP contribution is 2.35. The molecule has 0 spiro atoms. The Balaban J connectivity index is 1.34. The van der Waals surface area contributed by atoms with E-state index in [0.29, 0.717) is 30.1 Å². The summed E-state index contributed by atoms with van der Waals surface area (Å²) in [7, 11) is 0. The second kappa shape index (κ2) is 6.42. The van der Waals surface area contributed by atoms with Gasteiger partial charge in [0.2, 0.25) is 18.5 Å². The Hall–Kier alpha value is -2.93. The molecular weight excluding hydrogens is 332 g/mol. The van der Waals surface area contributed by atoms with Crippen molar-refractivity contribution in [2.24, 2.45) is 0 Å². The quantitative estimate of drug-likeness (QED) is 0.715. The smallest absolute Gasteiger partial charge is 0.241 e. The van der Waals surface area contributed by atoms with E-state index in [-0.39, 0.29) is 6.79 Å². The van der Waals surface area contributed by atoms with Gasteiger partial charge in [0.25, 0.3) is 0 Å². The summed E-state index contributed by atoms with van der Waals surface area (Å²) in [6, 6.07) is 12.0. The van der Waals surface area contributed by atoms with E-state index in [4.69, 9.17) is 14.0 Å². The standard InChI is InChI=1S/C19H18N4O3/c1-2-8-20-14(4-1)15-5-3-9-23(15)11-18-21-19(22-26-18)13-6-7-16-17(10-13)25-12-24-16/h1-2,4,6-8,10,15H,3,5,9,11-12H2/t15-/m0/s1. The molecule has 1 saturated heterocycles. The summed E-state index contributed by atoms with van der Waals surface area (Å²) in [5.74, 6) is 2.63. The molecule has 0 amide bonds. The number of rotatable bonds is 4. The molecule has 5 rings (SSSR count). The van der Waals surface area contributed by atoms with E-state index in [1.165, 1.54) is 0 Å². The molecule has 26 heavy (non-hydrogen) atoms. The molecule has 0 aliphatic carbocycles. The first-order valence-corrected chi connectivity index (χ1v) is 8.74. The maximum absolute atomic E-state index is 5.49. The zero-order valence-electron chi connectivity index (χ0n) is 14.2. The Morgan fingerprint density at radius 3 is 3.00 bits per heavy atom. The number of likely N-dealkylation sites (tertiary alicyclic amines) is 1. The molecule has 1 aromatic carbocycles. The van der Waals surface area contributed by atoms with Gasteiger partial charge >= 0.3 is 0 Å². The lowest BCUT2D eigenvalue weighted by molar-refractivity contribution is 0.174. The highest BCUT2D eigenvalue weighted by atomic mass is 16.7. The van der Waals surface area contributed by atoms with E-state index >= 15 is 0 Å². The molecule has 132 valence electrons. The van der Waals surface area contributed by atoms with E-state index in [0.717, 1.165) is 36.4 Å². The minimum absolute atomic E-state index is 0.250. The predicted molar refractivity (Wildman–Crippen MR) is 92.5 cm³/mol. The summed E-state index contributed by atoms with van der Waals surface area (Å²) in [5.41, 5.74) is 1.95. The van der Waals surface area contributed by atoms with Crippen LogP contribution in [0.3, 0.4) is 0 Å². The SMILES string of the molecule is c1ccc([C@@H]2CCCN2Cc2nc(-c3ccc4c(c3)OCO4)no2)nc1. The first-order chi connectivity index (χ1) is 12.9. The summed E-state index contributed by atoms with van der Waals surface area (Å²) in [6.45, 7) is 1.88. The first-order valence-electron chi connectivity index (χ1n) is 8.74. The van der Waals surface area contributed by atoms with Crippen LogP contribution in [-0.2, 0) is 6.54 Å². The third kappa shape index (κ3) is 2.80. The van der Waals surface area contributed by atoms with Crippen LogP contribution in [0.1, 0.15) is 30.5 Å². The lowest BCUT2D eigenvalue weighted by atomic mass is 10.1. The fourth-order valence-corrected chi connectivity index (χ4v) is 3.57. The molecule has 4 heterocycles. The Morgan fingerprint density at radius 1 is 1.12 bits per heavy atom. The van der Waals surface area contributed by atoms with Crippen molar-refractivity contribution in [2.75, 3.05) is 13.3 Å². The van der Waals surface area contributed by atoms with Crippen molar-refractivity contribution in [3.8, 4) is 22.9 Å². The van der Waals surface area contributed by atoms with Crippen LogP contribution in [0.2, 0.25) is 0 Å². The fourth-order valence-electron chi connectivity index (χ4n) is 3.57. The molecule has 1 fully saturated rings.